The number of benzene rings is 3. The molecule has 5 rings (SSSR count). The Bertz CT molecular complexity index is 1770. The van der Waals surface area contributed by atoms with Gasteiger partial charge in [-0.05, 0) is 41.3 Å². The Morgan fingerprint density at radius 3 is 2.62 bits per heavy atom. The molecule has 5 aromatic rings. The summed E-state index contributed by atoms with van der Waals surface area (Å²) in [7, 11) is -3.91. The maximum atomic E-state index is 12.7. The molecule has 0 radical (unpaired) electrons. The van der Waals surface area contributed by atoms with Gasteiger partial charge in [-0.2, -0.15) is 0 Å². The Kier molecular flexibility index (Phi) is 5.28. The third kappa shape index (κ3) is 3.98. The number of nitrogens with zero attached hydrogens (tertiary/aromatic N) is 2. The van der Waals surface area contributed by atoms with Crippen LogP contribution in [0.2, 0.25) is 0 Å². The van der Waals surface area contributed by atoms with Crippen molar-refractivity contribution in [2.45, 2.75) is 11.4 Å². The van der Waals surface area contributed by atoms with Crippen LogP contribution < -0.4 is 16.4 Å². The number of nitrogen functional groups attached to an aromatic ring is 1. The van der Waals surface area contributed by atoms with E-state index in [1.165, 1.54) is 23.6 Å². The van der Waals surface area contributed by atoms with E-state index in [-0.39, 0.29) is 16.3 Å². The molecule has 34 heavy (non-hydrogen) atoms. The number of hydrogen-bond acceptors (Lipinski definition) is 6. The third-order valence-corrected chi connectivity index (χ3v) is 7.60. The van der Waals surface area contributed by atoms with E-state index >= 15 is 0 Å². The number of sulfonamides is 1. The minimum absolute atomic E-state index is 0.00742. The fraction of sp³-hybridized carbons (Fsp3) is 0.0417. The quantitative estimate of drug-likeness (QED) is 0.256. The predicted octanol–water partition coefficient (Wildman–Crippen LogP) is 3.26. The number of nitrogens with two attached hydrogens (primary N) is 2. The lowest BCUT2D eigenvalue weighted by atomic mass is 10.0. The number of aromatic nitrogens is 2. The zero-order chi connectivity index (χ0) is 24.0. The molecule has 0 saturated heterocycles. The second-order valence-electron chi connectivity index (χ2n) is 7.81. The molecule has 8 nitrogen and oxygen atoms in total. The van der Waals surface area contributed by atoms with Crippen molar-refractivity contribution >= 4 is 48.3 Å². The van der Waals surface area contributed by atoms with Crippen LogP contribution in [0.5, 0.6) is 0 Å². The molecule has 0 saturated carbocycles. The molecule has 0 aliphatic heterocycles. The van der Waals surface area contributed by atoms with Gasteiger partial charge >= 0.3 is 0 Å². The number of fused-ring (bicyclic) bond motifs is 2. The van der Waals surface area contributed by atoms with Gasteiger partial charge in [-0.25, -0.2) is 18.5 Å². The van der Waals surface area contributed by atoms with E-state index < -0.39 is 10.0 Å². The molecule has 0 bridgehead atoms. The fourth-order valence-corrected chi connectivity index (χ4v) is 5.79. The lowest BCUT2D eigenvalue weighted by Crippen LogP contribution is -2.20. The highest BCUT2D eigenvalue weighted by Crippen LogP contribution is 2.30. The van der Waals surface area contributed by atoms with E-state index in [1.807, 2.05) is 18.2 Å². The summed E-state index contributed by atoms with van der Waals surface area (Å²) in [6.45, 7) is 0.347. The molecule has 3 aromatic carbocycles. The number of amidine groups is 1. The first kappa shape index (κ1) is 22.0. The van der Waals surface area contributed by atoms with Gasteiger partial charge in [0.15, 0.2) is 0 Å². The molecule has 0 aliphatic rings. The molecule has 2 heterocycles. The molecule has 0 atom stereocenters. The lowest BCUT2D eigenvalue weighted by Gasteiger charge is -2.11. The summed E-state index contributed by atoms with van der Waals surface area (Å²) in [4.78, 5) is 18.0. The maximum Gasteiger partial charge on any atom is 0.269 e. The number of primary sulfonamides is 1. The number of hydrogen-bond donors (Lipinski definition) is 3. The minimum atomic E-state index is -3.91. The lowest BCUT2D eigenvalue weighted by molar-refractivity contribution is 0.598. The van der Waals surface area contributed by atoms with Gasteiger partial charge in [-0.15, -0.1) is 11.3 Å². The average Bonchev–Trinajstić information content (AvgIpc) is 3.22. The molecule has 0 unspecified atom stereocenters. The normalized spacial score (nSPS) is 11.8. The van der Waals surface area contributed by atoms with Crippen LogP contribution in [-0.2, 0) is 16.6 Å². The monoisotopic (exact) mass is 489 g/mol. The highest BCUT2D eigenvalue weighted by atomic mass is 32.2. The molecule has 10 heteroatoms. The van der Waals surface area contributed by atoms with Gasteiger partial charge in [0.1, 0.15) is 5.84 Å². The second kappa shape index (κ2) is 8.17. The molecule has 2 aromatic heterocycles. The number of thiophene rings is 1. The van der Waals surface area contributed by atoms with Crippen molar-refractivity contribution in [2.75, 3.05) is 0 Å². The Morgan fingerprint density at radius 1 is 1.06 bits per heavy atom. The summed E-state index contributed by atoms with van der Waals surface area (Å²) in [5, 5.41) is 14.0. The van der Waals surface area contributed by atoms with Gasteiger partial charge in [0.2, 0.25) is 10.0 Å². The number of nitrogens with one attached hydrogen (secondary N) is 1. The second-order valence-corrected chi connectivity index (χ2v) is 10.5. The van der Waals surface area contributed by atoms with Crippen LogP contribution in [0.15, 0.2) is 82.6 Å². The van der Waals surface area contributed by atoms with Crippen LogP contribution in [0.4, 0.5) is 0 Å². The van der Waals surface area contributed by atoms with E-state index in [0.29, 0.717) is 34.3 Å². The van der Waals surface area contributed by atoms with Gasteiger partial charge in [0, 0.05) is 20.7 Å². The topological polar surface area (TPSA) is 145 Å². The van der Waals surface area contributed by atoms with Crippen LogP contribution in [0, 0.1) is 5.41 Å². The van der Waals surface area contributed by atoms with Crippen molar-refractivity contribution in [3.05, 3.63) is 93.7 Å². The zero-order valence-corrected chi connectivity index (χ0v) is 19.4. The third-order valence-electron chi connectivity index (χ3n) is 5.55. The summed E-state index contributed by atoms with van der Waals surface area (Å²) < 4.78 is 26.7. The molecule has 5 N–H and O–H groups in total. The van der Waals surface area contributed by atoms with Gasteiger partial charge in [-0.1, -0.05) is 36.4 Å². The fourth-order valence-electron chi connectivity index (χ4n) is 3.94. The van der Waals surface area contributed by atoms with E-state index in [4.69, 9.17) is 16.3 Å². The van der Waals surface area contributed by atoms with Crippen LogP contribution in [0.1, 0.15) is 10.4 Å². The van der Waals surface area contributed by atoms with Gasteiger partial charge in [-0.3, -0.25) is 10.2 Å². The first-order valence-electron chi connectivity index (χ1n) is 10.2. The Balaban J connectivity index is 1.59. The van der Waals surface area contributed by atoms with Gasteiger partial charge < -0.3 is 10.3 Å². The van der Waals surface area contributed by atoms with Crippen molar-refractivity contribution in [3.63, 3.8) is 0 Å². The Hall–Kier alpha value is -3.86. The summed E-state index contributed by atoms with van der Waals surface area (Å²) in [6, 6.07) is 19.4. The van der Waals surface area contributed by atoms with Gasteiger partial charge in [0.25, 0.3) is 5.56 Å². The number of rotatable bonds is 5. The Labute approximate surface area is 198 Å². The molecule has 0 aliphatic carbocycles. The van der Waals surface area contributed by atoms with Gasteiger partial charge in [0.05, 0.1) is 28.7 Å². The average molecular weight is 490 g/mol. The standard InChI is InChI=1S/C24H19N5O3S2/c25-24(26)16-6-5-15-9-17(33-21(15)11-16)13-29-20-8-7-14(10-19(20)28-12-23(29)30)18-3-1-2-4-22(18)34(27,31)32/h1-12H,13H2,(H3,25,26)(H2,27,31,32). The van der Waals surface area contributed by atoms with Crippen molar-refractivity contribution < 1.29 is 8.42 Å². The maximum absolute atomic E-state index is 12.7. The van der Waals surface area contributed by atoms with Crippen LogP contribution in [0.3, 0.4) is 0 Å². The van der Waals surface area contributed by atoms with Crippen LogP contribution in [-0.4, -0.2) is 23.8 Å². The molecular weight excluding hydrogens is 470 g/mol. The largest absolute Gasteiger partial charge is 0.384 e. The first-order valence-corrected chi connectivity index (χ1v) is 12.6. The van der Waals surface area contributed by atoms with E-state index in [2.05, 4.69) is 4.98 Å². The van der Waals surface area contributed by atoms with E-state index in [9.17, 15) is 13.2 Å². The van der Waals surface area contributed by atoms with Crippen molar-refractivity contribution in [1.29, 1.82) is 5.41 Å². The van der Waals surface area contributed by atoms with Crippen molar-refractivity contribution in [2.24, 2.45) is 10.9 Å². The zero-order valence-electron chi connectivity index (χ0n) is 17.7. The predicted molar refractivity (Wildman–Crippen MR) is 135 cm³/mol. The van der Waals surface area contributed by atoms with Crippen molar-refractivity contribution in [1.82, 2.24) is 9.55 Å². The highest BCUT2D eigenvalue weighted by Gasteiger charge is 2.16. The molecular formula is C24H19N5O3S2. The SMILES string of the molecule is N=C(N)c1ccc2cc(Cn3c(=O)cnc4cc(-c5ccccc5S(N)(=O)=O)ccc43)sc2c1. The summed E-state index contributed by atoms with van der Waals surface area (Å²) in [5.74, 6) is 0.00742. The van der Waals surface area contributed by atoms with E-state index in [0.717, 1.165) is 15.0 Å². The molecule has 0 amide bonds. The smallest absolute Gasteiger partial charge is 0.269 e. The minimum Gasteiger partial charge on any atom is -0.384 e. The first-order chi connectivity index (χ1) is 16.2. The van der Waals surface area contributed by atoms with Crippen molar-refractivity contribution in [3.8, 4) is 11.1 Å². The summed E-state index contributed by atoms with van der Waals surface area (Å²) in [5.41, 5.74) is 8.30. The Morgan fingerprint density at radius 2 is 1.85 bits per heavy atom. The van der Waals surface area contributed by atoms with Crippen LogP contribution >= 0.6 is 11.3 Å². The highest BCUT2D eigenvalue weighted by molar-refractivity contribution is 7.89. The van der Waals surface area contributed by atoms with E-state index in [1.54, 1.807) is 47.0 Å². The van der Waals surface area contributed by atoms with Crippen LogP contribution in [0.25, 0.3) is 32.2 Å². The summed E-state index contributed by atoms with van der Waals surface area (Å²) >= 11 is 1.53. The molecule has 0 spiro atoms. The molecule has 170 valence electrons. The molecule has 0 fully saturated rings. The summed E-state index contributed by atoms with van der Waals surface area (Å²) in [6.07, 6.45) is 1.26.